The molecule has 0 bridgehead atoms. The molecular formula is C21H17F3N4O2S. The largest absolute Gasteiger partial charge is 0.484 e. The number of fused-ring (bicyclic) bond motifs is 1. The molecule has 6 nitrogen and oxygen atoms in total. The van der Waals surface area contributed by atoms with Crippen LogP contribution in [0.3, 0.4) is 0 Å². The molecule has 4 aromatic rings. The van der Waals surface area contributed by atoms with E-state index in [1.54, 1.807) is 18.7 Å². The minimum atomic E-state index is -0.786. The van der Waals surface area contributed by atoms with Gasteiger partial charge in [-0.05, 0) is 36.8 Å². The topological polar surface area (TPSA) is 60.2 Å². The summed E-state index contributed by atoms with van der Waals surface area (Å²) in [6, 6.07) is 7.24. The van der Waals surface area contributed by atoms with Gasteiger partial charge in [0.1, 0.15) is 22.9 Å². The predicted molar refractivity (Wildman–Crippen MR) is 111 cm³/mol. The molecule has 0 saturated heterocycles. The first-order chi connectivity index (χ1) is 15.0. The molecule has 0 saturated carbocycles. The lowest BCUT2D eigenvalue weighted by Crippen LogP contribution is -2.36. The number of anilines is 1. The molecule has 2 aromatic heterocycles. The zero-order chi connectivity index (χ0) is 21.8. The van der Waals surface area contributed by atoms with E-state index >= 15 is 0 Å². The first-order valence-electron chi connectivity index (χ1n) is 9.39. The van der Waals surface area contributed by atoms with E-state index in [2.05, 4.69) is 9.97 Å². The van der Waals surface area contributed by atoms with Crippen molar-refractivity contribution in [1.29, 1.82) is 0 Å². The number of benzene rings is 2. The fourth-order valence-electron chi connectivity index (χ4n) is 2.97. The monoisotopic (exact) mass is 446 g/mol. The van der Waals surface area contributed by atoms with Gasteiger partial charge in [0.15, 0.2) is 17.6 Å². The van der Waals surface area contributed by atoms with Crippen LogP contribution in [0.4, 0.5) is 18.3 Å². The van der Waals surface area contributed by atoms with E-state index in [0.717, 1.165) is 17.4 Å². The van der Waals surface area contributed by atoms with E-state index in [-0.39, 0.29) is 23.8 Å². The maximum atomic E-state index is 14.1. The van der Waals surface area contributed by atoms with Gasteiger partial charge in [0.2, 0.25) is 0 Å². The zero-order valence-corrected chi connectivity index (χ0v) is 17.0. The molecule has 31 heavy (non-hydrogen) atoms. The van der Waals surface area contributed by atoms with Crippen LogP contribution in [-0.4, -0.2) is 33.6 Å². The molecule has 1 amide bonds. The molecule has 0 spiro atoms. The summed E-state index contributed by atoms with van der Waals surface area (Å²) in [6.07, 6.45) is 5.70. The van der Waals surface area contributed by atoms with E-state index in [1.807, 2.05) is 4.57 Å². The van der Waals surface area contributed by atoms with Gasteiger partial charge in [0, 0.05) is 31.5 Å². The predicted octanol–water partition coefficient (Wildman–Crippen LogP) is 4.41. The summed E-state index contributed by atoms with van der Waals surface area (Å²) in [5, 5.41) is 0.248. The first-order valence-corrected chi connectivity index (χ1v) is 10.2. The van der Waals surface area contributed by atoms with Crippen LogP contribution in [0.15, 0.2) is 55.1 Å². The van der Waals surface area contributed by atoms with Gasteiger partial charge in [-0.25, -0.2) is 23.1 Å². The van der Waals surface area contributed by atoms with Gasteiger partial charge in [-0.15, -0.1) is 0 Å². The summed E-state index contributed by atoms with van der Waals surface area (Å²) in [4.78, 5) is 22.5. The molecule has 0 fully saturated rings. The number of halogens is 3. The van der Waals surface area contributed by atoms with E-state index in [1.165, 1.54) is 35.2 Å². The van der Waals surface area contributed by atoms with Gasteiger partial charge in [-0.2, -0.15) is 0 Å². The lowest BCUT2D eigenvalue weighted by atomic mass is 10.3. The molecule has 4 rings (SSSR count). The Kier molecular flexibility index (Phi) is 6.17. The maximum Gasteiger partial charge on any atom is 0.266 e. The minimum Gasteiger partial charge on any atom is -0.484 e. The van der Waals surface area contributed by atoms with Crippen LogP contribution in [-0.2, 0) is 11.3 Å². The normalized spacial score (nSPS) is 11.1. The van der Waals surface area contributed by atoms with Crippen molar-refractivity contribution < 1.29 is 22.7 Å². The Bertz CT molecular complexity index is 1180. The number of amides is 1. The Morgan fingerprint density at radius 2 is 1.94 bits per heavy atom. The van der Waals surface area contributed by atoms with Crippen molar-refractivity contribution in [2.45, 2.75) is 13.0 Å². The van der Waals surface area contributed by atoms with Gasteiger partial charge >= 0.3 is 0 Å². The van der Waals surface area contributed by atoms with E-state index in [9.17, 15) is 18.0 Å². The molecule has 0 N–H and O–H groups in total. The van der Waals surface area contributed by atoms with Crippen molar-refractivity contribution in [3.8, 4) is 5.75 Å². The lowest BCUT2D eigenvalue weighted by molar-refractivity contribution is -0.120. The highest BCUT2D eigenvalue weighted by Gasteiger charge is 2.22. The fraction of sp³-hybridized carbons (Fsp3) is 0.190. The zero-order valence-electron chi connectivity index (χ0n) is 16.2. The summed E-state index contributed by atoms with van der Waals surface area (Å²) in [5.41, 5.74) is 0.00765. The second-order valence-corrected chi connectivity index (χ2v) is 7.68. The molecule has 0 unspecified atom stereocenters. The quantitative estimate of drug-likeness (QED) is 0.402. The average molecular weight is 446 g/mol. The highest BCUT2D eigenvalue weighted by molar-refractivity contribution is 7.22. The van der Waals surface area contributed by atoms with Gasteiger partial charge in [0.25, 0.3) is 5.91 Å². The third kappa shape index (κ3) is 5.02. The summed E-state index contributed by atoms with van der Waals surface area (Å²) in [7, 11) is 0. The molecular weight excluding hydrogens is 429 g/mol. The number of aromatic nitrogens is 3. The van der Waals surface area contributed by atoms with E-state index < -0.39 is 23.4 Å². The first kappa shape index (κ1) is 20.9. The minimum absolute atomic E-state index is 0.00765. The summed E-state index contributed by atoms with van der Waals surface area (Å²) >= 11 is 1.02. The van der Waals surface area contributed by atoms with Crippen molar-refractivity contribution in [1.82, 2.24) is 14.5 Å². The molecule has 10 heteroatoms. The Morgan fingerprint density at radius 3 is 2.68 bits per heavy atom. The van der Waals surface area contributed by atoms with Gasteiger partial charge < -0.3 is 9.30 Å². The summed E-state index contributed by atoms with van der Waals surface area (Å²) in [6.45, 7) is 0.577. The lowest BCUT2D eigenvalue weighted by Gasteiger charge is -2.20. The molecule has 160 valence electrons. The molecule has 0 aliphatic rings. The Labute approximate surface area is 179 Å². The number of hydrogen-bond acceptors (Lipinski definition) is 5. The Morgan fingerprint density at radius 1 is 1.13 bits per heavy atom. The van der Waals surface area contributed by atoms with Crippen LogP contribution < -0.4 is 9.64 Å². The third-order valence-corrected chi connectivity index (χ3v) is 5.49. The SMILES string of the molecule is O=C(COc1ccc(F)cc1)N(CCCn1ccnc1)c1nc2c(F)cc(F)cc2s1. The Balaban J connectivity index is 1.53. The number of nitrogens with zero attached hydrogens (tertiary/aromatic N) is 4. The van der Waals surface area contributed by atoms with Crippen molar-refractivity contribution in [2.75, 3.05) is 18.1 Å². The number of rotatable bonds is 8. The number of imidazole rings is 1. The fourth-order valence-corrected chi connectivity index (χ4v) is 4.02. The smallest absolute Gasteiger partial charge is 0.266 e. The van der Waals surface area contributed by atoms with Gasteiger partial charge in [-0.1, -0.05) is 11.3 Å². The summed E-state index contributed by atoms with van der Waals surface area (Å²) in [5.74, 6) is -1.98. The second kappa shape index (κ2) is 9.17. The maximum absolute atomic E-state index is 14.1. The number of aryl methyl sites for hydroxylation is 1. The third-order valence-electron chi connectivity index (χ3n) is 4.47. The molecule has 0 aliphatic carbocycles. The van der Waals surface area contributed by atoms with Crippen LogP contribution >= 0.6 is 11.3 Å². The van der Waals surface area contributed by atoms with E-state index in [4.69, 9.17) is 4.74 Å². The number of thiazole rings is 1. The number of hydrogen-bond donors (Lipinski definition) is 0. The molecule has 0 aliphatic heterocycles. The van der Waals surface area contributed by atoms with Crippen LogP contribution in [0.5, 0.6) is 5.75 Å². The van der Waals surface area contributed by atoms with Gasteiger partial charge in [0.05, 0.1) is 11.0 Å². The van der Waals surface area contributed by atoms with Crippen molar-refractivity contribution >= 4 is 32.6 Å². The average Bonchev–Trinajstić information content (AvgIpc) is 3.40. The number of carbonyl (C=O) groups is 1. The Hall–Kier alpha value is -3.40. The number of ether oxygens (including phenoxy) is 1. The highest BCUT2D eigenvalue weighted by Crippen LogP contribution is 2.31. The molecule has 2 heterocycles. The van der Waals surface area contributed by atoms with Crippen molar-refractivity contribution in [3.63, 3.8) is 0 Å². The van der Waals surface area contributed by atoms with E-state index in [0.29, 0.717) is 23.4 Å². The highest BCUT2D eigenvalue weighted by atomic mass is 32.1. The standard InChI is InChI=1S/C21H17F3N4O2S/c22-14-2-4-16(5-3-14)30-12-19(29)28(8-1-7-27-9-6-25-13-27)21-26-20-17(24)10-15(23)11-18(20)31-21/h2-6,9-11,13H,1,7-8,12H2. The van der Waals surface area contributed by atoms with Gasteiger partial charge in [-0.3, -0.25) is 9.69 Å². The van der Waals surface area contributed by atoms with Crippen molar-refractivity contribution in [3.05, 3.63) is 72.6 Å². The molecule has 0 atom stereocenters. The van der Waals surface area contributed by atoms with Crippen molar-refractivity contribution in [2.24, 2.45) is 0 Å². The van der Waals surface area contributed by atoms with Crippen LogP contribution in [0.1, 0.15) is 6.42 Å². The second-order valence-electron chi connectivity index (χ2n) is 6.67. The molecule has 0 radical (unpaired) electrons. The van der Waals surface area contributed by atoms with Crippen LogP contribution in [0.2, 0.25) is 0 Å². The molecule has 2 aromatic carbocycles. The number of carbonyl (C=O) groups excluding carboxylic acids is 1. The van der Waals surface area contributed by atoms with Crippen LogP contribution in [0, 0.1) is 17.5 Å². The summed E-state index contributed by atoms with van der Waals surface area (Å²) < 4.78 is 48.4. The van der Waals surface area contributed by atoms with Crippen LogP contribution in [0.25, 0.3) is 10.2 Å².